The molecule has 0 unspecified atom stereocenters. The predicted molar refractivity (Wildman–Crippen MR) is 165 cm³/mol. The first-order valence-corrected chi connectivity index (χ1v) is 16.8. The lowest BCUT2D eigenvalue weighted by Crippen LogP contribution is -2.34. The summed E-state index contributed by atoms with van der Waals surface area (Å²) in [7, 11) is -1.50. The van der Waals surface area contributed by atoms with Gasteiger partial charge in [-0.3, -0.25) is 0 Å². The van der Waals surface area contributed by atoms with Crippen LogP contribution in [0, 0.1) is 0 Å². The molecular weight excluding hydrogens is 513 g/mol. The topological polar surface area (TPSA) is 47.9 Å². The molecule has 1 N–H and O–H groups in total. The summed E-state index contributed by atoms with van der Waals surface area (Å²) in [6.45, 7) is 24.9. The minimum atomic E-state index is -0.764. The molecule has 0 spiro atoms. The highest BCUT2D eigenvalue weighted by molar-refractivity contribution is 7.13. The van der Waals surface area contributed by atoms with Gasteiger partial charge in [-0.25, -0.2) is 0 Å². The van der Waals surface area contributed by atoms with Crippen molar-refractivity contribution in [2.45, 2.75) is 110 Å². The van der Waals surface area contributed by atoms with Crippen LogP contribution in [0.2, 0.25) is 10.1 Å². The first kappa shape index (κ1) is 32.0. The van der Waals surface area contributed by atoms with Gasteiger partial charge in [0.05, 0.1) is 17.8 Å². The van der Waals surface area contributed by atoms with E-state index in [0.717, 1.165) is 22.6 Å². The number of hydrogen-bond acceptors (Lipinski definition) is 5. The molecule has 0 fully saturated rings. The van der Waals surface area contributed by atoms with Crippen LogP contribution in [0.1, 0.15) is 103 Å². The molecule has 0 saturated carbocycles. The summed E-state index contributed by atoms with van der Waals surface area (Å²) < 4.78 is 19.6. The molecular formula is C30H50O4SSi2. The molecule has 1 aromatic heterocycles. The number of aliphatic hydroxyl groups excluding tert-OH is 1. The number of rotatable bonds is 12. The van der Waals surface area contributed by atoms with Crippen molar-refractivity contribution in [3.8, 4) is 5.75 Å². The van der Waals surface area contributed by atoms with Gasteiger partial charge in [-0.1, -0.05) is 60.6 Å². The van der Waals surface area contributed by atoms with Gasteiger partial charge >= 0.3 is 0 Å². The second-order valence-electron chi connectivity index (χ2n) is 13.2. The van der Waals surface area contributed by atoms with E-state index in [1.54, 1.807) is 11.3 Å². The van der Waals surface area contributed by atoms with Crippen LogP contribution in [0.15, 0.2) is 36.4 Å². The third kappa shape index (κ3) is 10.1. The number of aliphatic hydroxyl groups is 1. The zero-order valence-corrected chi connectivity index (χ0v) is 28.7. The number of hydrogen-bond donors (Lipinski definition) is 1. The largest absolute Gasteiger partial charge is 0.488 e. The van der Waals surface area contributed by atoms with Crippen LogP contribution < -0.4 is 4.74 Å². The first-order valence-electron chi connectivity index (χ1n) is 13.4. The lowest BCUT2D eigenvalue weighted by atomic mass is 9.85. The molecule has 0 aliphatic rings. The molecule has 0 radical (unpaired) electrons. The maximum absolute atomic E-state index is 9.30. The zero-order chi connectivity index (χ0) is 28.1. The number of ether oxygens (including phenoxy) is 1. The quantitative estimate of drug-likeness (QED) is 0.277. The van der Waals surface area contributed by atoms with E-state index in [2.05, 4.69) is 106 Å². The summed E-state index contributed by atoms with van der Waals surface area (Å²) in [5, 5.41) is 9.73. The van der Waals surface area contributed by atoms with Crippen molar-refractivity contribution in [1.29, 1.82) is 0 Å². The standard InChI is InChI=1S/C30H50O4SSi2/c1-12-21(17-18-31)26-16-14-23(35-26)20-32-22-13-15-24(29(8,9)33-36-27(2,3)4)25(19-22)30(10,11)34-37-28(5,6)7/h13-17,19,31H,12,18,20,36-37H2,1-11H3. The summed E-state index contributed by atoms with van der Waals surface area (Å²) in [6.07, 6.45) is 2.78. The predicted octanol–water partition coefficient (Wildman–Crippen LogP) is 7.22. The van der Waals surface area contributed by atoms with Gasteiger partial charge in [0.25, 0.3) is 0 Å². The monoisotopic (exact) mass is 562 g/mol. The van der Waals surface area contributed by atoms with Gasteiger partial charge in [-0.05, 0) is 85.2 Å². The second-order valence-corrected chi connectivity index (χ2v) is 19.8. The molecule has 208 valence electrons. The Labute approximate surface area is 234 Å². The van der Waals surface area contributed by atoms with E-state index in [1.807, 2.05) is 6.08 Å². The van der Waals surface area contributed by atoms with Crippen LogP contribution in [0.3, 0.4) is 0 Å². The van der Waals surface area contributed by atoms with Crippen LogP contribution in [0.4, 0.5) is 0 Å². The molecule has 7 heteroatoms. The SMILES string of the molecule is CCC(=CCO)c1ccc(COc2ccc(C(C)(C)O[SiH2]C(C)(C)C)c(C(C)(C)O[SiH2]C(C)(C)C)c2)s1. The Morgan fingerprint density at radius 1 is 0.838 bits per heavy atom. The van der Waals surface area contributed by atoms with Crippen LogP contribution in [-0.4, -0.2) is 31.2 Å². The molecule has 1 heterocycles. The molecule has 0 amide bonds. The van der Waals surface area contributed by atoms with Crippen molar-refractivity contribution in [3.05, 3.63) is 57.3 Å². The zero-order valence-electron chi connectivity index (χ0n) is 25.1. The lowest BCUT2D eigenvalue weighted by molar-refractivity contribution is 0.0826. The molecule has 0 saturated heterocycles. The first-order chi connectivity index (χ1) is 17.0. The Bertz CT molecular complexity index is 1040. The number of benzene rings is 1. The summed E-state index contributed by atoms with van der Waals surface area (Å²) in [5.41, 5.74) is 2.63. The van der Waals surface area contributed by atoms with E-state index in [1.165, 1.54) is 16.0 Å². The minimum Gasteiger partial charge on any atom is -0.488 e. The van der Waals surface area contributed by atoms with Gasteiger partial charge in [0.15, 0.2) is 19.5 Å². The van der Waals surface area contributed by atoms with Gasteiger partial charge in [0.1, 0.15) is 12.4 Å². The summed E-state index contributed by atoms with van der Waals surface area (Å²) in [6, 6.07) is 10.6. The van der Waals surface area contributed by atoms with E-state index in [9.17, 15) is 5.11 Å². The Kier molecular flexibility index (Phi) is 11.0. The average Bonchev–Trinajstić information content (AvgIpc) is 3.26. The molecule has 0 bridgehead atoms. The summed E-state index contributed by atoms with van der Waals surface area (Å²) in [4.78, 5) is 2.35. The third-order valence-electron chi connectivity index (χ3n) is 6.10. The summed E-state index contributed by atoms with van der Waals surface area (Å²) >= 11 is 1.72. The van der Waals surface area contributed by atoms with Gasteiger partial charge in [0.2, 0.25) is 0 Å². The Balaban J connectivity index is 2.36. The van der Waals surface area contributed by atoms with E-state index >= 15 is 0 Å². The van der Waals surface area contributed by atoms with Crippen molar-refractivity contribution < 1.29 is 18.7 Å². The summed E-state index contributed by atoms with van der Waals surface area (Å²) in [5.74, 6) is 0.841. The van der Waals surface area contributed by atoms with Crippen LogP contribution in [0.5, 0.6) is 5.75 Å². The van der Waals surface area contributed by atoms with Gasteiger partial charge in [-0.15, -0.1) is 11.3 Å². The highest BCUT2D eigenvalue weighted by Gasteiger charge is 2.34. The van der Waals surface area contributed by atoms with E-state index in [-0.39, 0.29) is 16.7 Å². The van der Waals surface area contributed by atoms with Crippen molar-refractivity contribution in [3.63, 3.8) is 0 Å². The van der Waals surface area contributed by atoms with E-state index < -0.39 is 30.7 Å². The molecule has 4 nitrogen and oxygen atoms in total. The maximum Gasteiger partial charge on any atom is 0.168 e. The van der Waals surface area contributed by atoms with Gasteiger partial charge < -0.3 is 18.7 Å². The highest BCUT2D eigenvalue weighted by atomic mass is 32.1. The highest BCUT2D eigenvalue weighted by Crippen LogP contribution is 2.40. The van der Waals surface area contributed by atoms with Crippen molar-refractivity contribution >= 4 is 36.4 Å². The Hall–Kier alpha value is -1.23. The number of allylic oxidation sites excluding steroid dienone is 1. The average molecular weight is 563 g/mol. The fourth-order valence-corrected chi connectivity index (χ4v) is 6.83. The Morgan fingerprint density at radius 3 is 1.92 bits per heavy atom. The normalized spacial score (nSPS) is 14.4. The van der Waals surface area contributed by atoms with E-state index in [4.69, 9.17) is 13.6 Å². The minimum absolute atomic E-state index is 0.0657. The van der Waals surface area contributed by atoms with Crippen LogP contribution >= 0.6 is 11.3 Å². The van der Waals surface area contributed by atoms with Gasteiger partial charge in [0, 0.05) is 9.75 Å². The lowest BCUT2D eigenvalue weighted by Gasteiger charge is -2.37. The van der Waals surface area contributed by atoms with Crippen LogP contribution in [-0.2, 0) is 26.7 Å². The molecule has 2 rings (SSSR count). The molecule has 1 aromatic carbocycles. The Morgan fingerprint density at radius 2 is 1.41 bits per heavy atom. The molecule has 0 aliphatic carbocycles. The fourth-order valence-electron chi connectivity index (χ4n) is 3.90. The number of thiophene rings is 1. The van der Waals surface area contributed by atoms with Crippen molar-refractivity contribution in [2.75, 3.05) is 6.61 Å². The molecule has 2 aromatic rings. The van der Waals surface area contributed by atoms with Crippen molar-refractivity contribution in [2.24, 2.45) is 0 Å². The van der Waals surface area contributed by atoms with Crippen LogP contribution in [0.25, 0.3) is 5.57 Å². The maximum atomic E-state index is 9.30. The van der Waals surface area contributed by atoms with Crippen molar-refractivity contribution in [1.82, 2.24) is 0 Å². The fraction of sp³-hybridized carbons (Fsp3) is 0.600. The van der Waals surface area contributed by atoms with Gasteiger partial charge in [-0.2, -0.15) is 0 Å². The second kappa shape index (κ2) is 12.8. The molecule has 37 heavy (non-hydrogen) atoms. The smallest absolute Gasteiger partial charge is 0.168 e. The van der Waals surface area contributed by atoms with E-state index in [0.29, 0.717) is 6.61 Å². The third-order valence-corrected chi connectivity index (χ3v) is 10.7. The molecule has 0 aliphatic heterocycles. The molecule has 0 atom stereocenters.